The predicted octanol–water partition coefficient (Wildman–Crippen LogP) is 4.46. The number of carbonyl (C=O) groups excluding carboxylic acids is 2. The van der Waals surface area contributed by atoms with Crippen LogP contribution in [0.25, 0.3) is 0 Å². The third kappa shape index (κ3) is 3.93. The van der Waals surface area contributed by atoms with Crippen LogP contribution in [0.4, 0.5) is 5.00 Å². The molecule has 1 aliphatic carbocycles. The molecule has 0 saturated carbocycles. The molecule has 2 aromatic heterocycles. The molecule has 0 saturated heterocycles. The fourth-order valence-corrected chi connectivity index (χ4v) is 4.73. The third-order valence-corrected chi connectivity index (χ3v) is 5.79. The van der Waals surface area contributed by atoms with Gasteiger partial charge in [0.2, 0.25) is 0 Å². The Hall–Kier alpha value is -1.73. The molecule has 25 heavy (non-hydrogen) atoms. The van der Waals surface area contributed by atoms with Crippen molar-refractivity contribution in [2.45, 2.75) is 33.1 Å². The number of ether oxygens (including phenoxy) is 1. The second-order valence-electron chi connectivity index (χ2n) is 6.12. The fourth-order valence-electron chi connectivity index (χ4n) is 2.97. The quantitative estimate of drug-likeness (QED) is 0.738. The smallest absolute Gasteiger partial charge is 0.341 e. The van der Waals surface area contributed by atoms with Gasteiger partial charge in [0.1, 0.15) is 5.00 Å². The number of nitrogens with one attached hydrogen (secondary N) is 1. The molecule has 0 bridgehead atoms. The van der Waals surface area contributed by atoms with E-state index in [4.69, 9.17) is 4.74 Å². The lowest BCUT2D eigenvalue weighted by atomic mass is 9.88. The molecule has 1 N–H and O–H groups in total. The molecule has 0 aliphatic heterocycles. The minimum atomic E-state index is -0.364. The maximum absolute atomic E-state index is 12.6. The maximum atomic E-state index is 12.6. The summed E-state index contributed by atoms with van der Waals surface area (Å²) in [7, 11) is 0. The first-order chi connectivity index (χ1) is 12.0. The van der Waals surface area contributed by atoms with Crippen molar-refractivity contribution in [3.63, 3.8) is 0 Å². The molecular formula is C18H19BrN2O3S. The van der Waals surface area contributed by atoms with E-state index in [9.17, 15) is 9.59 Å². The van der Waals surface area contributed by atoms with Gasteiger partial charge in [-0.2, -0.15) is 0 Å². The van der Waals surface area contributed by atoms with Gasteiger partial charge in [0.25, 0.3) is 5.91 Å². The molecule has 1 aliphatic rings. The summed E-state index contributed by atoms with van der Waals surface area (Å²) in [6.45, 7) is 4.30. The molecule has 1 atom stereocenters. The van der Waals surface area contributed by atoms with Crippen LogP contribution in [0, 0.1) is 5.92 Å². The van der Waals surface area contributed by atoms with Crippen molar-refractivity contribution >= 4 is 44.1 Å². The van der Waals surface area contributed by atoms with Gasteiger partial charge in [-0.05, 0) is 59.7 Å². The van der Waals surface area contributed by atoms with E-state index in [0.29, 0.717) is 28.7 Å². The standard InChI is InChI=1S/C18H19BrN2O3S/c1-3-24-18(23)15-13-5-4-10(2)6-14(13)25-17(15)21-16(22)11-7-12(19)9-20-8-11/h7-10H,3-6H2,1-2H3,(H,21,22)/t10-/m0/s1. The van der Waals surface area contributed by atoms with Gasteiger partial charge in [-0.25, -0.2) is 4.79 Å². The fraction of sp³-hybridized carbons (Fsp3) is 0.389. The van der Waals surface area contributed by atoms with Crippen molar-refractivity contribution in [1.29, 1.82) is 0 Å². The molecular weight excluding hydrogens is 404 g/mol. The number of thiophene rings is 1. The molecule has 0 aromatic carbocycles. The van der Waals surface area contributed by atoms with E-state index < -0.39 is 0 Å². The molecule has 1 amide bonds. The summed E-state index contributed by atoms with van der Waals surface area (Å²) in [6.07, 6.45) is 5.93. The zero-order chi connectivity index (χ0) is 18.0. The van der Waals surface area contributed by atoms with Crippen LogP contribution in [-0.2, 0) is 17.6 Å². The highest BCUT2D eigenvalue weighted by atomic mass is 79.9. The topological polar surface area (TPSA) is 68.3 Å². The van der Waals surface area contributed by atoms with E-state index in [1.165, 1.54) is 22.4 Å². The van der Waals surface area contributed by atoms with E-state index >= 15 is 0 Å². The molecule has 3 rings (SSSR count). The van der Waals surface area contributed by atoms with E-state index in [0.717, 1.165) is 29.3 Å². The van der Waals surface area contributed by atoms with Crippen LogP contribution in [-0.4, -0.2) is 23.5 Å². The van der Waals surface area contributed by atoms with Crippen LogP contribution >= 0.6 is 27.3 Å². The Morgan fingerprint density at radius 2 is 2.24 bits per heavy atom. The number of anilines is 1. The van der Waals surface area contributed by atoms with E-state index in [-0.39, 0.29) is 11.9 Å². The Kier molecular flexibility index (Phi) is 5.54. The molecule has 0 radical (unpaired) electrons. The average Bonchev–Trinajstić information content (AvgIpc) is 2.91. The second-order valence-corrected chi connectivity index (χ2v) is 8.14. The van der Waals surface area contributed by atoms with Crippen molar-refractivity contribution in [1.82, 2.24) is 4.98 Å². The number of esters is 1. The number of halogens is 1. The average molecular weight is 423 g/mol. The first kappa shape index (κ1) is 18.1. The van der Waals surface area contributed by atoms with Crippen molar-refractivity contribution in [3.05, 3.63) is 44.5 Å². The summed E-state index contributed by atoms with van der Waals surface area (Å²) < 4.78 is 5.95. The van der Waals surface area contributed by atoms with Crippen molar-refractivity contribution < 1.29 is 14.3 Å². The highest BCUT2D eigenvalue weighted by Crippen LogP contribution is 2.40. The van der Waals surface area contributed by atoms with Crippen LogP contribution in [0.2, 0.25) is 0 Å². The predicted molar refractivity (Wildman–Crippen MR) is 101 cm³/mol. The van der Waals surface area contributed by atoms with E-state index in [2.05, 4.69) is 33.2 Å². The summed E-state index contributed by atoms with van der Waals surface area (Å²) in [5.74, 6) is -0.0674. The first-order valence-corrected chi connectivity index (χ1v) is 9.84. The van der Waals surface area contributed by atoms with Crippen molar-refractivity contribution in [2.75, 3.05) is 11.9 Å². The minimum Gasteiger partial charge on any atom is -0.462 e. The maximum Gasteiger partial charge on any atom is 0.341 e. The lowest BCUT2D eigenvalue weighted by Crippen LogP contribution is -2.16. The van der Waals surface area contributed by atoms with Crippen LogP contribution in [0.15, 0.2) is 22.9 Å². The zero-order valence-corrected chi connectivity index (χ0v) is 16.5. The van der Waals surface area contributed by atoms with Crippen molar-refractivity contribution in [3.8, 4) is 0 Å². The first-order valence-electron chi connectivity index (χ1n) is 8.23. The Morgan fingerprint density at radius 1 is 1.44 bits per heavy atom. The van der Waals surface area contributed by atoms with Gasteiger partial charge in [-0.1, -0.05) is 6.92 Å². The lowest BCUT2D eigenvalue weighted by Gasteiger charge is -2.18. The third-order valence-electron chi connectivity index (χ3n) is 4.19. The Labute approximate surface area is 158 Å². The number of aromatic nitrogens is 1. The number of amides is 1. The highest BCUT2D eigenvalue weighted by Gasteiger charge is 2.29. The number of nitrogens with zero attached hydrogens (tertiary/aromatic N) is 1. The number of fused-ring (bicyclic) bond motifs is 1. The van der Waals surface area contributed by atoms with Gasteiger partial charge in [0, 0.05) is 21.7 Å². The largest absolute Gasteiger partial charge is 0.462 e. The molecule has 0 unspecified atom stereocenters. The van der Waals surface area contributed by atoms with Crippen LogP contribution in [0.1, 0.15) is 51.4 Å². The number of hydrogen-bond acceptors (Lipinski definition) is 5. The van der Waals surface area contributed by atoms with E-state index in [1.807, 2.05) is 0 Å². The van der Waals surface area contributed by atoms with Crippen molar-refractivity contribution in [2.24, 2.45) is 5.92 Å². The van der Waals surface area contributed by atoms with Crippen LogP contribution in [0.5, 0.6) is 0 Å². The van der Waals surface area contributed by atoms with Gasteiger partial charge in [0.15, 0.2) is 0 Å². The molecule has 2 heterocycles. The molecule has 0 fully saturated rings. The molecule has 7 heteroatoms. The normalized spacial score (nSPS) is 16.2. The molecule has 2 aromatic rings. The Bertz CT molecular complexity index is 819. The molecule has 132 valence electrons. The zero-order valence-electron chi connectivity index (χ0n) is 14.1. The number of carbonyl (C=O) groups is 2. The monoisotopic (exact) mass is 422 g/mol. The van der Waals surface area contributed by atoms with Gasteiger partial charge >= 0.3 is 5.97 Å². The van der Waals surface area contributed by atoms with Crippen LogP contribution < -0.4 is 5.32 Å². The summed E-state index contributed by atoms with van der Waals surface area (Å²) in [4.78, 5) is 30.2. The summed E-state index contributed by atoms with van der Waals surface area (Å²) in [5.41, 5.74) is 1.98. The summed E-state index contributed by atoms with van der Waals surface area (Å²) >= 11 is 4.80. The van der Waals surface area contributed by atoms with E-state index in [1.54, 1.807) is 19.2 Å². The Balaban J connectivity index is 1.94. The van der Waals surface area contributed by atoms with Gasteiger partial charge in [0.05, 0.1) is 17.7 Å². The van der Waals surface area contributed by atoms with Gasteiger partial charge in [-0.3, -0.25) is 9.78 Å². The van der Waals surface area contributed by atoms with Gasteiger partial charge in [-0.15, -0.1) is 11.3 Å². The number of hydrogen-bond donors (Lipinski definition) is 1. The number of pyridine rings is 1. The lowest BCUT2D eigenvalue weighted by molar-refractivity contribution is 0.0526. The second kappa shape index (κ2) is 7.66. The Morgan fingerprint density at radius 3 is 2.96 bits per heavy atom. The molecule has 0 spiro atoms. The van der Waals surface area contributed by atoms with Crippen LogP contribution in [0.3, 0.4) is 0 Å². The SMILES string of the molecule is CCOC(=O)c1c(NC(=O)c2cncc(Br)c2)sc2c1CC[C@H](C)C2. The highest BCUT2D eigenvalue weighted by molar-refractivity contribution is 9.10. The van der Waals surface area contributed by atoms with Gasteiger partial charge < -0.3 is 10.1 Å². The summed E-state index contributed by atoms with van der Waals surface area (Å²) in [5, 5.41) is 3.46. The summed E-state index contributed by atoms with van der Waals surface area (Å²) in [6, 6.07) is 1.70. The number of rotatable bonds is 4. The minimum absolute atomic E-state index is 0.286. The molecule has 5 nitrogen and oxygen atoms in total.